The van der Waals surface area contributed by atoms with Crippen molar-refractivity contribution in [2.45, 2.75) is 20.0 Å². The highest BCUT2D eigenvalue weighted by atomic mass is 32.1. The van der Waals surface area contributed by atoms with Gasteiger partial charge in [0.1, 0.15) is 4.88 Å². The number of methoxy groups -OCH3 is 1. The van der Waals surface area contributed by atoms with E-state index in [1.54, 1.807) is 37.5 Å². The molecule has 0 radical (unpaired) electrons. The van der Waals surface area contributed by atoms with E-state index >= 15 is 0 Å². The fourth-order valence-electron chi connectivity index (χ4n) is 2.58. The minimum atomic E-state index is -2.95. The lowest BCUT2D eigenvalue weighted by molar-refractivity contribution is -0.0512. The first-order valence-corrected chi connectivity index (χ1v) is 9.44. The highest BCUT2D eigenvalue weighted by Crippen LogP contribution is 2.29. The first-order chi connectivity index (χ1) is 14.0. The number of amides is 1. The summed E-state index contributed by atoms with van der Waals surface area (Å²) in [4.78, 5) is 25.6. The molecule has 3 aromatic rings. The molecular weight excluding hydrogens is 402 g/mol. The molecule has 0 fully saturated rings. The molecular formula is C19H18F2N4O3S. The van der Waals surface area contributed by atoms with Crippen LogP contribution in [0.25, 0.3) is 10.8 Å². The molecule has 2 heterocycles. The fourth-order valence-corrected chi connectivity index (χ4v) is 3.51. The van der Waals surface area contributed by atoms with Crippen LogP contribution in [0, 0.1) is 6.92 Å². The lowest BCUT2D eigenvalue weighted by atomic mass is 10.1. The van der Waals surface area contributed by atoms with Gasteiger partial charge in [-0.2, -0.15) is 8.78 Å². The Morgan fingerprint density at radius 2 is 2.00 bits per heavy atom. The van der Waals surface area contributed by atoms with Crippen molar-refractivity contribution in [3.05, 3.63) is 52.8 Å². The summed E-state index contributed by atoms with van der Waals surface area (Å²) >= 11 is 1.21. The van der Waals surface area contributed by atoms with Gasteiger partial charge in [-0.1, -0.05) is 6.07 Å². The second kappa shape index (κ2) is 9.37. The molecule has 1 aromatic carbocycles. The van der Waals surface area contributed by atoms with Gasteiger partial charge in [-0.25, -0.2) is 15.0 Å². The van der Waals surface area contributed by atoms with Crippen LogP contribution in [0.1, 0.15) is 20.9 Å². The number of nitrogens with one attached hydrogen (secondary N) is 1. The summed E-state index contributed by atoms with van der Waals surface area (Å²) in [7, 11) is 1.37. The number of aryl methyl sites for hydroxylation is 1. The number of carbonyl (C=O) groups excluding carboxylic acids is 1. The number of hydrogen-bond donors (Lipinski definition) is 1. The topological polar surface area (TPSA) is 86.2 Å². The standard InChI is InChI=1S/C19H18F2N4O3S/c1-11-15(29-18(25-11)16-22-7-3-8-23-16)17(26)24-9-6-12-4-5-13(27-2)14(10-12)28-19(20)21/h3-5,7-8,10,19H,6,9H2,1-2H3,(H,24,26). The van der Waals surface area contributed by atoms with Gasteiger partial charge in [-0.05, 0) is 37.1 Å². The van der Waals surface area contributed by atoms with Gasteiger partial charge in [0.2, 0.25) is 0 Å². The molecule has 1 amide bonds. The molecule has 2 aromatic heterocycles. The summed E-state index contributed by atoms with van der Waals surface area (Å²) in [5, 5.41) is 3.38. The van der Waals surface area contributed by atoms with Crippen molar-refractivity contribution in [1.82, 2.24) is 20.3 Å². The molecule has 0 aliphatic rings. The maximum atomic E-state index is 12.5. The number of benzene rings is 1. The first kappa shape index (κ1) is 20.6. The van der Waals surface area contributed by atoms with Crippen molar-refractivity contribution in [2.24, 2.45) is 0 Å². The van der Waals surface area contributed by atoms with Crippen molar-refractivity contribution in [2.75, 3.05) is 13.7 Å². The first-order valence-electron chi connectivity index (χ1n) is 8.62. The number of halogens is 2. The van der Waals surface area contributed by atoms with Crippen LogP contribution in [0.3, 0.4) is 0 Å². The molecule has 152 valence electrons. The van der Waals surface area contributed by atoms with Gasteiger partial charge in [-0.3, -0.25) is 4.79 Å². The van der Waals surface area contributed by atoms with E-state index < -0.39 is 6.61 Å². The van der Waals surface area contributed by atoms with Crippen LogP contribution in [-0.4, -0.2) is 41.1 Å². The second-order valence-electron chi connectivity index (χ2n) is 5.88. The summed E-state index contributed by atoms with van der Waals surface area (Å²) < 4.78 is 34.5. The van der Waals surface area contributed by atoms with E-state index in [0.717, 1.165) is 5.56 Å². The zero-order chi connectivity index (χ0) is 20.8. The van der Waals surface area contributed by atoms with E-state index in [0.29, 0.717) is 34.4 Å². The van der Waals surface area contributed by atoms with Crippen molar-refractivity contribution in [3.8, 4) is 22.3 Å². The number of nitrogens with zero attached hydrogens (tertiary/aromatic N) is 3. The molecule has 0 unspecified atom stereocenters. The summed E-state index contributed by atoms with van der Waals surface area (Å²) in [6.07, 6.45) is 3.65. The Kier molecular flexibility index (Phi) is 6.65. The quantitative estimate of drug-likeness (QED) is 0.600. The predicted molar refractivity (Wildman–Crippen MR) is 104 cm³/mol. The average Bonchev–Trinajstić information content (AvgIpc) is 3.10. The zero-order valence-corrected chi connectivity index (χ0v) is 16.5. The normalized spacial score (nSPS) is 10.8. The van der Waals surface area contributed by atoms with E-state index in [-0.39, 0.29) is 17.4 Å². The molecule has 0 aliphatic carbocycles. The van der Waals surface area contributed by atoms with Crippen molar-refractivity contribution < 1.29 is 23.0 Å². The summed E-state index contributed by atoms with van der Waals surface area (Å²) in [6.45, 7) is -0.890. The van der Waals surface area contributed by atoms with Crippen molar-refractivity contribution in [3.63, 3.8) is 0 Å². The average molecular weight is 420 g/mol. The highest BCUT2D eigenvalue weighted by molar-refractivity contribution is 7.17. The minimum Gasteiger partial charge on any atom is -0.493 e. The number of aromatic nitrogens is 3. The van der Waals surface area contributed by atoms with Crippen LogP contribution < -0.4 is 14.8 Å². The Bertz CT molecular complexity index is 983. The second-order valence-corrected chi connectivity index (χ2v) is 6.87. The Labute approximate surface area is 169 Å². The summed E-state index contributed by atoms with van der Waals surface area (Å²) in [6, 6.07) is 6.45. The zero-order valence-electron chi connectivity index (χ0n) is 15.7. The summed E-state index contributed by atoms with van der Waals surface area (Å²) in [5.74, 6) is 0.371. The Morgan fingerprint density at radius 1 is 1.24 bits per heavy atom. The van der Waals surface area contributed by atoms with Crippen molar-refractivity contribution >= 4 is 17.2 Å². The Morgan fingerprint density at radius 3 is 2.69 bits per heavy atom. The number of ether oxygens (including phenoxy) is 2. The fraction of sp³-hybridized carbons (Fsp3) is 0.263. The third-order valence-corrected chi connectivity index (χ3v) is 5.06. The van der Waals surface area contributed by atoms with E-state index in [9.17, 15) is 13.6 Å². The van der Waals surface area contributed by atoms with Crippen LogP contribution in [0.2, 0.25) is 0 Å². The maximum absolute atomic E-state index is 12.5. The minimum absolute atomic E-state index is 0.0443. The molecule has 0 saturated carbocycles. The molecule has 1 N–H and O–H groups in total. The number of carbonyl (C=O) groups is 1. The molecule has 0 aliphatic heterocycles. The van der Waals surface area contributed by atoms with Gasteiger partial charge < -0.3 is 14.8 Å². The molecule has 0 saturated heterocycles. The van der Waals surface area contributed by atoms with Gasteiger partial charge >= 0.3 is 6.61 Å². The lowest BCUT2D eigenvalue weighted by Gasteiger charge is -2.11. The third-order valence-electron chi connectivity index (χ3n) is 3.90. The van der Waals surface area contributed by atoms with Crippen molar-refractivity contribution in [1.29, 1.82) is 0 Å². The third kappa shape index (κ3) is 5.23. The van der Waals surface area contributed by atoms with Crippen LogP contribution in [0.5, 0.6) is 11.5 Å². The van der Waals surface area contributed by atoms with Crippen LogP contribution in [-0.2, 0) is 6.42 Å². The van der Waals surface area contributed by atoms with E-state index in [1.807, 2.05) is 0 Å². The summed E-state index contributed by atoms with van der Waals surface area (Å²) in [5.41, 5.74) is 1.31. The monoisotopic (exact) mass is 420 g/mol. The Hall–Kier alpha value is -3.14. The number of rotatable bonds is 8. The molecule has 7 nitrogen and oxygen atoms in total. The van der Waals surface area contributed by atoms with Gasteiger partial charge in [0, 0.05) is 18.9 Å². The van der Waals surface area contributed by atoms with Crippen LogP contribution >= 0.6 is 11.3 Å². The SMILES string of the molecule is COc1ccc(CCNC(=O)c2sc(-c3ncccn3)nc2C)cc1OC(F)F. The molecule has 0 spiro atoms. The number of thiazole rings is 1. The number of alkyl halides is 2. The van der Waals surface area contributed by atoms with E-state index in [1.165, 1.54) is 24.5 Å². The molecule has 10 heteroatoms. The van der Waals surface area contributed by atoms with Gasteiger partial charge in [0.25, 0.3) is 5.91 Å². The smallest absolute Gasteiger partial charge is 0.387 e. The predicted octanol–water partition coefficient (Wildman–Crippen LogP) is 3.49. The van der Waals surface area contributed by atoms with E-state index in [2.05, 4.69) is 25.0 Å². The van der Waals surface area contributed by atoms with Crippen LogP contribution in [0.4, 0.5) is 8.78 Å². The van der Waals surface area contributed by atoms with Gasteiger partial charge in [0.05, 0.1) is 12.8 Å². The number of hydrogen-bond acceptors (Lipinski definition) is 7. The molecule has 29 heavy (non-hydrogen) atoms. The largest absolute Gasteiger partial charge is 0.493 e. The molecule has 3 rings (SSSR count). The van der Waals surface area contributed by atoms with Gasteiger partial charge in [0.15, 0.2) is 22.3 Å². The van der Waals surface area contributed by atoms with E-state index in [4.69, 9.17) is 4.74 Å². The maximum Gasteiger partial charge on any atom is 0.387 e. The molecule has 0 bridgehead atoms. The lowest BCUT2D eigenvalue weighted by Crippen LogP contribution is -2.25. The highest BCUT2D eigenvalue weighted by Gasteiger charge is 2.17. The van der Waals surface area contributed by atoms with Crippen LogP contribution in [0.15, 0.2) is 36.7 Å². The molecule has 0 atom stereocenters. The van der Waals surface area contributed by atoms with Gasteiger partial charge in [-0.15, -0.1) is 11.3 Å². The Balaban J connectivity index is 1.62.